The zero-order valence-electron chi connectivity index (χ0n) is 12.2. The van der Waals surface area contributed by atoms with Gasteiger partial charge in [-0.25, -0.2) is 14.6 Å². The van der Waals surface area contributed by atoms with E-state index in [1.807, 2.05) is 32.0 Å². The van der Waals surface area contributed by atoms with Gasteiger partial charge in [-0.05, 0) is 25.5 Å². The Morgan fingerprint density at radius 2 is 1.76 bits per heavy atom. The summed E-state index contributed by atoms with van der Waals surface area (Å²) in [7, 11) is 2.40. The Labute approximate surface area is 121 Å². The third-order valence-electron chi connectivity index (χ3n) is 3.00. The number of nitrogens with zero attached hydrogens (tertiary/aromatic N) is 1. The SMILES string of the molecule is COC(=O)c1nc(-c2cc(C)ccc2C)oc1C(=O)OC. The Balaban J connectivity index is 2.61. The molecule has 6 heteroatoms. The molecule has 0 aliphatic rings. The van der Waals surface area contributed by atoms with Gasteiger partial charge in [-0.2, -0.15) is 0 Å². The Morgan fingerprint density at radius 1 is 1.10 bits per heavy atom. The van der Waals surface area contributed by atoms with Gasteiger partial charge >= 0.3 is 11.9 Å². The van der Waals surface area contributed by atoms with Crippen LogP contribution in [0.4, 0.5) is 0 Å². The Bertz CT molecular complexity index is 669. The van der Waals surface area contributed by atoms with E-state index in [9.17, 15) is 9.59 Å². The van der Waals surface area contributed by atoms with Crippen LogP contribution < -0.4 is 0 Å². The lowest BCUT2D eigenvalue weighted by Gasteiger charge is -2.02. The number of hydrogen-bond donors (Lipinski definition) is 0. The van der Waals surface area contributed by atoms with E-state index in [2.05, 4.69) is 14.5 Å². The van der Waals surface area contributed by atoms with E-state index in [1.54, 1.807) is 0 Å². The van der Waals surface area contributed by atoms with Crippen molar-refractivity contribution in [3.05, 3.63) is 40.8 Å². The molecule has 0 atom stereocenters. The van der Waals surface area contributed by atoms with Gasteiger partial charge in [0.1, 0.15) is 0 Å². The van der Waals surface area contributed by atoms with E-state index in [0.29, 0.717) is 5.56 Å². The molecule has 21 heavy (non-hydrogen) atoms. The molecule has 0 fully saturated rings. The molecule has 2 aromatic rings. The summed E-state index contributed by atoms with van der Waals surface area (Å²) >= 11 is 0. The first-order valence-corrected chi connectivity index (χ1v) is 6.23. The number of hydrogen-bond acceptors (Lipinski definition) is 6. The molecule has 0 aliphatic heterocycles. The van der Waals surface area contributed by atoms with Gasteiger partial charge in [0.2, 0.25) is 17.3 Å². The zero-order valence-corrected chi connectivity index (χ0v) is 12.2. The molecule has 0 unspecified atom stereocenters. The maximum absolute atomic E-state index is 11.7. The van der Waals surface area contributed by atoms with Gasteiger partial charge < -0.3 is 13.9 Å². The maximum Gasteiger partial charge on any atom is 0.376 e. The predicted octanol–water partition coefficient (Wildman–Crippen LogP) is 2.53. The third kappa shape index (κ3) is 2.79. The van der Waals surface area contributed by atoms with E-state index < -0.39 is 11.9 Å². The minimum atomic E-state index is -0.778. The van der Waals surface area contributed by atoms with Crippen LogP contribution in [-0.2, 0) is 9.47 Å². The number of methoxy groups -OCH3 is 2. The fraction of sp³-hybridized carbons (Fsp3) is 0.267. The van der Waals surface area contributed by atoms with Gasteiger partial charge in [0.05, 0.1) is 14.2 Å². The largest absolute Gasteiger partial charge is 0.464 e. The predicted molar refractivity (Wildman–Crippen MR) is 74.1 cm³/mol. The van der Waals surface area contributed by atoms with E-state index in [0.717, 1.165) is 11.1 Å². The molecule has 110 valence electrons. The number of esters is 2. The summed E-state index contributed by atoms with van der Waals surface area (Å²) in [6.07, 6.45) is 0. The fourth-order valence-corrected chi connectivity index (χ4v) is 1.87. The van der Waals surface area contributed by atoms with Crippen molar-refractivity contribution in [1.82, 2.24) is 4.98 Å². The molecule has 0 spiro atoms. The van der Waals surface area contributed by atoms with E-state index in [4.69, 9.17) is 4.42 Å². The second kappa shape index (κ2) is 5.78. The first kappa shape index (κ1) is 14.8. The van der Waals surface area contributed by atoms with Crippen LogP contribution in [0.5, 0.6) is 0 Å². The second-order valence-electron chi connectivity index (χ2n) is 4.50. The highest BCUT2D eigenvalue weighted by Gasteiger charge is 2.27. The molecule has 0 N–H and O–H groups in total. The molecule has 0 saturated heterocycles. The quantitative estimate of drug-likeness (QED) is 0.808. The van der Waals surface area contributed by atoms with Crippen molar-refractivity contribution in [3.63, 3.8) is 0 Å². The molecule has 6 nitrogen and oxygen atoms in total. The van der Waals surface area contributed by atoms with Gasteiger partial charge in [-0.3, -0.25) is 0 Å². The van der Waals surface area contributed by atoms with Gasteiger partial charge in [0.25, 0.3) is 0 Å². The molecule has 0 radical (unpaired) electrons. The summed E-state index contributed by atoms with van der Waals surface area (Å²) in [5.41, 5.74) is 2.43. The highest BCUT2D eigenvalue weighted by Crippen LogP contribution is 2.27. The van der Waals surface area contributed by atoms with Crippen molar-refractivity contribution in [1.29, 1.82) is 0 Å². The minimum Gasteiger partial charge on any atom is -0.464 e. The molecule has 0 aliphatic carbocycles. The van der Waals surface area contributed by atoms with Crippen LogP contribution in [0.15, 0.2) is 22.6 Å². The normalized spacial score (nSPS) is 10.3. The van der Waals surface area contributed by atoms with Gasteiger partial charge in [-0.1, -0.05) is 17.7 Å². The van der Waals surface area contributed by atoms with Crippen molar-refractivity contribution in [2.75, 3.05) is 14.2 Å². The van der Waals surface area contributed by atoms with E-state index >= 15 is 0 Å². The summed E-state index contributed by atoms with van der Waals surface area (Å²) in [5, 5.41) is 0. The summed E-state index contributed by atoms with van der Waals surface area (Å²) in [6, 6.07) is 5.72. The van der Waals surface area contributed by atoms with Crippen molar-refractivity contribution in [2.24, 2.45) is 0 Å². The molecule has 0 bridgehead atoms. The lowest BCUT2D eigenvalue weighted by Crippen LogP contribution is -2.10. The van der Waals surface area contributed by atoms with Crippen molar-refractivity contribution < 1.29 is 23.5 Å². The van der Waals surface area contributed by atoms with Crippen LogP contribution in [-0.4, -0.2) is 31.1 Å². The minimum absolute atomic E-state index is 0.178. The number of oxazole rings is 1. The molecule has 1 aromatic carbocycles. The third-order valence-corrected chi connectivity index (χ3v) is 3.00. The number of aryl methyl sites for hydroxylation is 2. The van der Waals surface area contributed by atoms with Crippen molar-refractivity contribution in [3.8, 4) is 11.5 Å². The molecule has 1 aromatic heterocycles. The summed E-state index contributed by atoms with van der Waals surface area (Å²) in [5.74, 6) is -1.62. The van der Waals surface area contributed by atoms with Crippen LogP contribution in [0.25, 0.3) is 11.5 Å². The molecular formula is C15H15NO5. The maximum atomic E-state index is 11.7. The summed E-state index contributed by atoms with van der Waals surface area (Å²) in [4.78, 5) is 27.5. The van der Waals surface area contributed by atoms with Crippen LogP contribution >= 0.6 is 0 Å². The average molecular weight is 289 g/mol. The van der Waals surface area contributed by atoms with E-state index in [1.165, 1.54) is 14.2 Å². The summed E-state index contributed by atoms with van der Waals surface area (Å²) in [6.45, 7) is 3.81. The Kier molecular flexibility index (Phi) is 4.07. The smallest absolute Gasteiger partial charge is 0.376 e. The van der Waals surface area contributed by atoms with Crippen LogP contribution in [0.3, 0.4) is 0 Å². The highest BCUT2D eigenvalue weighted by atomic mass is 16.5. The van der Waals surface area contributed by atoms with Gasteiger partial charge in [0.15, 0.2) is 0 Å². The lowest BCUT2D eigenvalue weighted by atomic mass is 10.1. The number of carbonyl (C=O) groups is 2. The number of carbonyl (C=O) groups excluding carboxylic acids is 2. The van der Waals surface area contributed by atoms with Crippen LogP contribution in [0.1, 0.15) is 32.2 Å². The zero-order chi connectivity index (χ0) is 15.6. The molecule has 0 amide bonds. The monoisotopic (exact) mass is 289 g/mol. The van der Waals surface area contributed by atoms with Crippen LogP contribution in [0.2, 0.25) is 0 Å². The Hall–Kier alpha value is -2.63. The average Bonchev–Trinajstić information content (AvgIpc) is 2.93. The van der Waals surface area contributed by atoms with Crippen LogP contribution in [0, 0.1) is 13.8 Å². The molecular weight excluding hydrogens is 274 g/mol. The van der Waals surface area contributed by atoms with E-state index in [-0.39, 0.29) is 17.3 Å². The molecule has 0 saturated carbocycles. The number of rotatable bonds is 3. The first-order valence-electron chi connectivity index (χ1n) is 6.23. The molecule has 1 heterocycles. The fourth-order valence-electron chi connectivity index (χ4n) is 1.87. The topological polar surface area (TPSA) is 78.6 Å². The standard InChI is InChI=1S/C15H15NO5/c1-8-5-6-9(2)10(7-8)13-16-11(14(17)19-3)12(21-13)15(18)20-4/h5-7H,1-4H3. The number of aromatic nitrogens is 1. The number of ether oxygens (including phenoxy) is 2. The van der Waals surface area contributed by atoms with Crippen molar-refractivity contribution >= 4 is 11.9 Å². The highest BCUT2D eigenvalue weighted by molar-refractivity contribution is 6.00. The van der Waals surface area contributed by atoms with Gasteiger partial charge in [-0.15, -0.1) is 0 Å². The van der Waals surface area contributed by atoms with Gasteiger partial charge in [0, 0.05) is 5.56 Å². The summed E-state index contributed by atoms with van der Waals surface area (Å²) < 4.78 is 14.6. The second-order valence-corrected chi connectivity index (χ2v) is 4.50. The number of benzene rings is 1. The first-order chi connectivity index (χ1) is 9.97. The lowest BCUT2D eigenvalue weighted by molar-refractivity contribution is 0.0527. The van der Waals surface area contributed by atoms with Crippen molar-refractivity contribution in [2.45, 2.75) is 13.8 Å². The molecule has 2 rings (SSSR count). The Morgan fingerprint density at radius 3 is 2.38 bits per heavy atom.